The molecule has 3 aromatic rings. The zero-order valence-electron chi connectivity index (χ0n) is 13.4. The van der Waals surface area contributed by atoms with Crippen molar-refractivity contribution in [1.82, 2.24) is 9.88 Å². The Hall–Kier alpha value is -2.27. The minimum atomic E-state index is -0.552. The third kappa shape index (κ3) is 2.45. The molecule has 1 aliphatic rings. The van der Waals surface area contributed by atoms with Gasteiger partial charge < -0.3 is 4.57 Å². The molecule has 0 unspecified atom stereocenters. The van der Waals surface area contributed by atoms with Crippen LogP contribution < -0.4 is 5.32 Å². The Morgan fingerprint density at radius 3 is 2.31 bits per heavy atom. The maximum Gasteiger partial charge on any atom is 0.259 e. The lowest BCUT2D eigenvalue weighted by atomic mass is 9.96. The maximum atomic E-state index is 12.6. The standard InChI is InChI=1S/C19H11Cl3N2O2/c1-24-8-10(9-4-2-3-5-13(9)24)14-16(19(26)23-18(14)25)15-11(20)6-7-12(21)17(15)22/h2-8H,1H3,(H,23,25,26). The number of amides is 2. The van der Waals surface area contributed by atoms with Crippen LogP contribution >= 0.6 is 34.8 Å². The van der Waals surface area contributed by atoms with Gasteiger partial charge >= 0.3 is 0 Å². The number of fused-ring (bicyclic) bond motifs is 1. The molecule has 2 aromatic carbocycles. The van der Waals surface area contributed by atoms with Crippen LogP contribution in [0.15, 0.2) is 42.6 Å². The van der Waals surface area contributed by atoms with Gasteiger partial charge in [-0.05, 0) is 18.2 Å². The summed E-state index contributed by atoms with van der Waals surface area (Å²) >= 11 is 18.7. The molecule has 4 nitrogen and oxygen atoms in total. The monoisotopic (exact) mass is 404 g/mol. The highest BCUT2D eigenvalue weighted by Gasteiger charge is 2.36. The van der Waals surface area contributed by atoms with Crippen LogP contribution in [0.3, 0.4) is 0 Å². The maximum absolute atomic E-state index is 12.6. The van der Waals surface area contributed by atoms with Gasteiger partial charge in [0.05, 0.1) is 26.2 Å². The number of hydrogen-bond donors (Lipinski definition) is 1. The molecule has 0 saturated heterocycles. The number of para-hydroxylation sites is 1. The van der Waals surface area contributed by atoms with E-state index in [9.17, 15) is 9.59 Å². The van der Waals surface area contributed by atoms with E-state index < -0.39 is 11.8 Å². The second-order valence-corrected chi connectivity index (χ2v) is 7.11. The van der Waals surface area contributed by atoms with Crippen molar-refractivity contribution in [3.8, 4) is 0 Å². The molecule has 0 saturated carbocycles. The lowest BCUT2D eigenvalue weighted by Gasteiger charge is -2.10. The average molecular weight is 406 g/mol. The molecule has 1 aromatic heterocycles. The van der Waals surface area contributed by atoms with E-state index in [0.717, 1.165) is 10.9 Å². The SMILES string of the molecule is Cn1cc(C2=C(c3c(Cl)ccc(Cl)c3Cl)C(=O)NC2=O)c2ccccc21. The van der Waals surface area contributed by atoms with E-state index in [-0.39, 0.29) is 31.8 Å². The molecule has 0 fully saturated rings. The van der Waals surface area contributed by atoms with Crippen molar-refractivity contribution in [3.63, 3.8) is 0 Å². The second-order valence-electron chi connectivity index (χ2n) is 5.92. The molecule has 0 aliphatic carbocycles. The summed E-state index contributed by atoms with van der Waals surface area (Å²) in [5.41, 5.74) is 2.19. The van der Waals surface area contributed by atoms with Crippen molar-refractivity contribution in [3.05, 3.63) is 68.8 Å². The third-order valence-corrected chi connectivity index (χ3v) is 5.51. The number of carbonyl (C=O) groups excluding carboxylic acids is 2. The predicted octanol–water partition coefficient (Wildman–Crippen LogP) is 4.71. The first-order valence-electron chi connectivity index (χ1n) is 7.68. The van der Waals surface area contributed by atoms with E-state index in [4.69, 9.17) is 34.8 Å². The minimum Gasteiger partial charge on any atom is -0.350 e. The first-order valence-corrected chi connectivity index (χ1v) is 8.81. The number of imide groups is 1. The number of benzene rings is 2. The quantitative estimate of drug-likeness (QED) is 0.496. The van der Waals surface area contributed by atoms with Gasteiger partial charge in [-0.15, -0.1) is 0 Å². The number of nitrogens with one attached hydrogen (secondary N) is 1. The number of hydrogen-bond acceptors (Lipinski definition) is 2. The zero-order valence-corrected chi connectivity index (χ0v) is 15.7. The van der Waals surface area contributed by atoms with Gasteiger partial charge in [0, 0.05) is 35.3 Å². The van der Waals surface area contributed by atoms with Gasteiger partial charge in [-0.25, -0.2) is 0 Å². The van der Waals surface area contributed by atoms with Gasteiger partial charge in [-0.3, -0.25) is 14.9 Å². The molecule has 1 N–H and O–H groups in total. The Labute approximate surface area is 164 Å². The second kappa shape index (κ2) is 6.16. The summed E-state index contributed by atoms with van der Waals surface area (Å²) in [6.07, 6.45) is 1.81. The summed E-state index contributed by atoms with van der Waals surface area (Å²) < 4.78 is 1.90. The van der Waals surface area contributed by atoms with Gasteiger partial charge in [-0.1, -0.05) is 53.0 Å². The van der Waals surface area contributed by atoms with Gasteiger partial charge in [0.15, 0.2) is 0 Å². The van der Waals surface area contributed by atoms with Crippen LogP contribution in [0, 0.1) is 0 Å². The fourth-order valence-corrected chi connectivity index (χ4v) is 3.96. The van der Waals surface area contributed by atoms with Crippen molar-refractivity contribution in [2.75, 3.05) is 0 Å². The molecule has 7 heteroatoms. The molecule has 0 bridgehead atoms. The highest BCUT2D eigenvalue weighted by molar-refractivity contribution is 6.54. The van der Waals surface area contributed by atoms with Gasteiger partial charge in [0.25, 0.3) is 11.8 Å². The molecule has 0 spiro atoms. The van der Waals surface area contributed by atoms with Gasteiger partial charge in [-0.2, -0.15) is 0 Å². The van der Waals surface area contributed by atoms with Crippen LogP contribution in [0.1, 0.15) is 11.1 Å². The Morgan fingerprint density at radius 1 is 0.885 bits per heavy atom. The average Bonchev–Trinajstić information content (AvgIpc) is 3.09. The number of nitrogens with zero attached hydrogens (tertiary/aromatic N) is 1. The van der Waals surface area contributed by atoms with E-state index in [2.05, 4.69) is 5.32 Å². The number of halogens is 3. The molecule has 2 amide bonds. The molecule has 4 rings (SSSR count). The zero-order chi connectivity index (χ0) is 18.6. The molecule has 1 aliphatic heterocycles. The van der Waals surface area contributed by atoms with E-state index in [1.54, 1.807) is 12.1 Å². The Kier molecular flexibility index (Phi) is 4.07. The Balaban J connectivity index is 2.11. The fraction of sp³-hybridized carbons (Fsp3) is 0.0526. The summed E-state index contributed by atoms with van der Waals surface area (Å²) in [6, 6.07) is 10.7. The highest BCUT2D eigenvalue weighted by atomic mass is 35.5. The molecule has 0 atom stereocenters. The van der Waals surface area contributed by atoms with Crippen LogP contribution in [-0.2, 0) is 16.6 Å². The Bertz CT molecular complexity index is 1150. The van der Waals surface area contributed by atoms with Gasteiger partial charge in [0.1, 0.15) is 0 Å². The summed E-state index contributed by atoms with van der Waals surface area (Å²) in [5, 5.41) is 3.82. The molecular weight excluding hydrogens is 395 g/mol. The first-order chi connectivity index (χ1) is 12.4. The van der Waals surface area contributed by atoms with E-state index in [0.29, 0.717) is 5.56 Å². The number of rotatable bonds is 2. The Morgan fingerprint density at radius 2 is 1.54 bits per heavy atom. The van der Waals surface area contributed by atoms with Crippen LogP contribution in [0.5, 0.6) is 0 Å². The van der Waals surface area contributed by atoms with Crippen LogP contribution in [0.4, 0.5) is 0 Å². The molecular formula is C19H11Cl3N2O2. The lowest BCUT2D eigenvalue weighted by molar-refractivity contribution is -0.122. The molecule has 2 heterocycles. The van der Waals surface area contributed by atoms with Crippen LogP contribution in [0.2, 0.25) is 15.1 Å². The van der Waals surface area contributed by atoms with Crippen LogP contribution in [-0.4, -0.2) is 16.4 Å². The number of carbonyl (C=O) groups is 2. The van der Waals surface area contributed by atoms with E-state index in [1.807, 2.05) is 42.1 Å². The van der Waals surface area contributed by atoms with Crippen molar-refractivity contribution >= 4 is 68.7 Å². The predicted molar refractivity (Wildman–Crippen MR) is 104 cm³/mol. The van der Waals surface area contributed by atoms with E-state index >= 15 is 0 Å². The minimum absolute atomic E-state index is 0.129. The molecule has 130 valence electrons. The fourth-order valence-electron chi connectivity index (χ4n) is 3.25. The largest absolute Gasteiger partial charge is 0.350 e. The third-order valence-electron chi connectivity index (χ3n) is 4.39. The van der Waals surface area contributed by atoms with Crippen molar-refractivity contribution in [2.24, 2.45) is 7.05 Å². The van der Waals surface area contributed by atoms with Crippen molar-refractivity contribution in [2.45, 2.75) is 0 Å². The van der Waals surface area contributed by atoms with E-state index in [1.165, 1.54) is 0 Å². The lowest BCUT2D eigenvalue weighted by Crippen LogP contribution is -2.22. The highest BCUT2D eigenvalue weighted by Crippen LogP contribution is 2.42. The van der Waals surface area contributed by atoms with Crippen molar-refractivity contribution < 1.29 is 9.59 Å². The summed E-state index contributed by atoms with van der Waals surface area (Å²) in [5.74, 6) is -1.04. The normalized spacial score (nSPS) is 14.5. The number of aryl methyl sites for hydroxylation is 1. The van der Waals surface area contributed by atoms with Crippen LogP contribution in [0.25, 0.3) is 22.0 Å². The summed E-state index contributed by atoms with van der Waals surface area (Å²) in [7, 11) is 1.88. The van der Waals surface area contributed by atoms with Crippen molar-refractivity contribution in [1.29, 1.82) is 0 Å². The summed E-state index contributed by atoms with van der Waals surface area (Å²) in [6.45, 7) is 0. The number of aromatic nitrogens is 1. The smallest absolute Gasteiger partial charge is 0.259 e. The summed E-state index contributed by atoms with van der Waals surface area (Å²) in [4.78, 5) is 25.2. The first kappa shape index (κ1) is 17.2. The molecule has 26 heavy (non-hydrogen) atoms. The topological polar surface area (TPSA) is 51.1 Å². The van der Waals surface area contributed by atoms with Gasteiger partial charge in [0.2, 0.25) is 0 Å². The molecule has 0 radical (unpaired) electrons.